The average molecular weight is 340 g/mol. The Bertz CT molecular complexity index is 1160. The van der Waals surface area contributed by atoms with Gasteiger partial charge in [0.25, 0.3) is 5.69 Å². The van der Waals surface area contributed by atoms with E-state index in [0.717, 1.165) is 40.7 Å². The van der Waals surface area contributed by atoms with Gasteiger partial charge in [0.2, 0.25) is 0 Å². The highest BCUT2D eigenvalue weighted by Crippen LogP contribution is 2.42. The number of hydrogen-bond acceptors (Lipinski definition) is 2. The van der Waals surface area contributed by atoms with E-state index in [1.54, 1.807) is 12.1 Å². The molecule has 0 saturated heterocycles. The van der Waals surface area contributed by atoms with Gasteiger partial charge in [0.15, 0.2) is 0 Å². The molecule has 4 heteroatoms. The van der Waals surface area contributed by atoms with Gasteiger partial charge in [0, 0.05) is 23.3 Å². The molecule has 0 aliphatic heterocycles. The first-order valence-electron chi connectivity index (χ1n) is 8.69. The van der Waals surface area contributed by atoms with E-state index in [0.29, 0.717) is 0 Å². The molecule has 0 bridgehead atoms. The third-order valence-electron chi connectivity index (χ3n) is 5.26. The first-order valence-corrected chi connectivity index (χ1v) is 8.69. The zero-order valence-corrected chi connectivity index (χ0v) is 14.1. The van der Waals surface area contributed by atoms with E-state index in [4.69, 9.17) is 0 Å². The zero-order valence-electron chi connectivity index (χ0n) is 14.1. The summed E-state index contributed by atoms with van der Waals surface area (Å²) in [5, 5.41) is 12.7. The fraction of sp³-hybridized carbons (Fsp3) is 0.0909. The van der Waals surface area contributed by atoms with Crippen molar-refractivity contribution < 1.29 is 4.92 Å². The van der Waals surface area contributed by atoms with E-state index >= 15 is 0 Å². The number of nitrogens with zero attached hydrogens (tertiary/aromatic N) is 2. The maximum Gasteiger partial charge on any atom is 0.277 e. The average Bonchev–Trinajstić information content (AvgIpc) is 3.12. The first kappa shape index (κ1) is 14.9. The molecule has 126 valence electrons. The summed E-state index contributed by atoms with van der Waals surface area (Å²) in [7, 11) is 0. The van der Waals surface area contributed by atoms with Crippen LogP contribution < -0.4 is 0 Å². The molecule has 0 spiro atoms. The Labute approximate surface area is 150 Å². The molecule has 0 amide bonds. The topological polar surface area (TPSA) is 48.1 Å². The number of benzene rings is 3. The van der Waals surface area contributed by atoms with Crippen LogP contribution in [0.3, 0.4) is 0 Å². The van der Waals surface area contributed by atoms with E-state index in [1.165, 1.54) is 10.9 Å². The molecular weight excluding hydrogens is 324 g/mol. The Morgan fingerprint density at radius 3 is 2.54 bits per heavy atom. The zero-order chi connectivity index (χ0) is 17.7. The maximum absolute atomic E-state index is 11.5. The van der Waals surface area contributed by atoms with Gasteiger partial charge in [-0.25, -0.2) is 0 Å². The van der Waals surface area contributed by atoms with Gasteiger partial charge in [-0.3, -0.25) is 10.1 Å². The summed E-state index contributed by atoms with van der Waals surface area (Å²) in [6.45, 7) is 0. The number of rotatable bonds is 2. The Hall–Kier alpha value is -3.40. The van der Waals surface area contributed by atoms with Gasteiger partial charge >= 0.3 is 0 Å². The lowest BCUT2D eigenvalue weighted by atomic mass is 9.83. The van der Waals surface area contributed by atoms with Crippen LogP contribution >= 0.6 is 0 Å². The molecule has 0 saturated carbocycles. The molecule has 0 atom stereocenters. The molecule has 0 radical (unpaired) electrons. The molecule has 0 N–H and O–H groups in total. The van der Waals surface area contributed by atoms with Gasteiger partial charge in [0.1, 0.15) is 0 Å². The van der Waals surface area contributed by atoms with Gasteiger partial charge in [-0.15, -0.1) is 0 Å². The minimum atomic E-state index is -0.271. The Balaban J connectivity index is 1.77. The largest absolute Gasteiger partial charge is 0.317 e. The lowest BCUT2D eigenvalue weighted by Gasteiger charge is -2.20. The number of para-hydroxylation sites is 1. The summed E-state index contributed by atoms with van der Waals surface area (Å²) in [4.78, 5) is 11.3. The molecule has 1 aromatic heterocycles. The van der Waals surface area contributed by atoms with Crippen LogP contribution in [0, 0.1) is 10.1 Å². The summed E-state index contributed by atoms with van der Waals surface area (Å²) < 4.78 is 2.17. The summed E-state index contributed by atoms with van der Waals surface area (Å²) in [5.41, 5.74) is 6.50. The summed E-state index contributed by atoms with van der Waals surface area (Å²) in [5.74, 6) is 0. The standard InChI is InChI=1S/C22H16N2O2/c25-24(26)21-8-4-5-15-9-10-17-18-13-14-23(16-6-2-1-3-7-16)20(18)12-11-19(17)22(15)21/h1-8,11-14H,9-10H2. The summed E-state index contributed by atoms with van der Waals surface area (Å²) in [6.07, 6.45) is 3.81. The van der Waals surface area contributed by atoms with Crippen molar-refractivity contribution in [1.82, 2.24) is 4.57 Å². The molecule has 5 rings (SSSR count). The van der Waals surface area contributed by atoms with Gasteiger partial charge in [-0.1, -0.05) is 36.4 Å². The lowest BCUT2D eigenvalue weighted by Crippen LogP contribution is -2.07. The number of fused-ring (bicyclic) bond motifs is 5. The molecule has 0 unspecified atom stereocenters. The highest BCUT2D eigenvalue weighted by atomic mass is 16.6. The lowest BCUT2D eigenvalue weighted by molar-refractivity contribution is -0.384. The third-order valence-corrected chi connectivity index (χ3v) is 5.26. The minimum absolute atomic E-state index is 0.199. The van der Waals surface area contributed by atoms with E-state index in [-0.39, 0.29) is 10.6 Å². The van der Waals surface area contributed by atoms with Gasteiger partial charge < -0.3 is 4.57 Å². The van der Waals surface area contributed by atoms with Crippen LogP contribution in [0.4, 0.5) is 5.69 Å². The normalized spacial score (nSPS) is 12.6. The molecule has 4 nitrogen and oxygen atoms in total. The Kier molecular flexibility index (Phi) is 3.19. The van der Waals surface area contributed by atoms with E-state index in [2.05, 4.69) is 35.0 Å². The number of aromatic nitrogens is 1. The van der Waals surface area contributed by atoms with Gasteiger partial charge in [-0.05, 0) is 53.8 Å². The molecule has 3 aromatic carbocycles. The molecule has 4 aromatic rings. The van der Waals surface area contributed by atoms with Crippen LogP contribution in [0.15, 0.2) is 72.9 Å². The van der Waals surface area contributed by atoms with Crippen molar-refractivity contribution in [2.24, 2.45) is 0 Å². The summed E-state index contributed by atoms with van der Waals surface area (Å²) >= 11 is 0. The van der Waals surface area contributed by atoms with Crippen molar-refractivity contribution in [2.75, 3.05) is 0 Å². The van der Waals surface area contributed by atoms with Crippen molar-refractivity contribution >= 4 is 16.6 Å². The van der Waals surface area contributed by atoms with Gasteiger partial charge in [-0.2, -0.15) is 0 Å². The highest BCUT2D eigenvalue weighted by molar-refractivity contribution is 5.94. The monoisotopic (exact) mass is 340 g/mol. The summed E-state index contributed by atoms with van der Waals surface area (Å²) in [6, 6.07) is 21.9. The Morgan fingerprint density at radius 2 is 1.73 bits per heavy atom. The van der Waals surface area contributed by atoms with E-state index in [9.17, 15) is 10.1 Å². The maximum atomic E-state index is 11.5. The molecular formula is C22H16N2O2. The fourth-order valence-electron chi connectivity index (χ4n) is 4.11. The number of hydrogen-bond donors (Lipinski definition) is 0. The van der Waals surface area contributed by atoms with Crippen LogP contribution in [-0.2, 0) is 12.8 Å². The second-order valence-corrected chi connectivity index (χ2v) is 6.61. The van der Waals surface area contributed by atoms with E-state index in [1.807, 2.05) is 30.3 Å². The molecule has 0 fully saturated rings. The molecule has 1 aliphatic carbocycles. The smallest absolute Gasteiger partial charge is 0.277 e. The van der Waals surface area contributed by atoms with Crippen LogP contribution in [0.5, 0.6) is 0 Å². The number of nitro benzene ring substituents is 1. The molecule has 1 heterocycles. The van der Waals surface area contributed by atoms with Crippen LogP contribution in [0.1, 0.15) is 11.1 Å². The third kappa shape index (κ3) is 2.09. The van der Waals surface area contributed by atoms with Crippen molar-refractivity contribution in [3.63, 3.8) is 0 Å². The Morgan fingerprint density at radius 1 is 0.885 bits per heavy atom. The number of aryl methyl sites for hydroxylation is 2. The van der Waals surface area contributed by atoms with Crippen LogP contribution in [-0.4, -0.2) is 9.49 Å². The van der Waals surface area contributed by atoms with Crippen LogP contribution in [0.25, 0.3) is 27.7 Å². The van der Waals surface area contributed by atoms with E-state index < -0.39 is 0 Å². The SMILES string of the molecule is O=[N+]([O-])c1cccc2c1-c1ccc3c(ccn3-c3ccccc3)c1CC2. The first-order chi connectivity index (χ1) is 12.7. The number of nitro groups is 1. The fourth-order valence-corrected chi connectivity index (χ4v) is 4.11. The van der Waals surface area contributed by atoms with Gasteiger partial charge in [0.05, 0.1) is 16.0 Å². The van der Waals surface area contributed by atoms with Crippen molar-refractivity contribution in [3.8, 4) is 16.8 Å². The molecule has 1 aliphatic rings. The van der Waals surface area contributed by atoms with Crippen molar-refractivity contribution in [1.29, 1.82) is 0 Å². The molecule has 26 heavy (non-hydrogen) atoms. The predicted octanol–water partition coefficient (Wildman–Crippen LogP) is 5.30. The van der Waals surface area contributed by atoms with Crippen LogP contribution in [0.2, 0.25) is 0 Å². The highest BCUT2D eigenvalue weighted by Gasteiger charge is 2.26. The predicted molar refractivity (Wildman–Crippen MR) is 103 cm³/mol. The second kappa shape index (κ2) is 5.56. The van der Waals surface area contributed by atoms with Crippen molar-refractivity contribution in [3.05, 3.63) is 94.2 Å². The minimum Gasteiger partial charge on any atom is -0.317 e. The second-order valence-electron chi connectivity index (χ2n) is 6.61. The quantitative estimate of drug-likeness (QED) is 0.367. The van der Waals surface area contributed by atoms with Crippen molar-refractivity contribution in [2.45, 2.75) is 12.8 Å².